The first kappa shape index (κ1) is 14.6. The van der Waals surface area contributed by atoms with Gasteiger partial charge in [-0.3, -0.25) is 0 Å². The molecule has 1 heterocycles. The third kappa shape index (κ3) is 3.42. The van der Waals surface area contributed by atoms with Gasteiger partial charge in [0, 0.05) is 12.3 Å². The summed E-state index contributed by atoms with van der Waals surface area (Å²) < 4.78 is 11.2. The zero-order valence-electron chi connectivity index (χ0n) is 11.9. The normalized spacial score (nSPS) is 11.2. The smallest absolute Gasteiger partial charge is 0.230 e. The van der Waals surface area contributed by atoms with E-state index in [0.717, 1.165) is 5.56 Å². The molecule has 110 valence electrons. The van der Waals surface area contributed by atoms with Crippen molar-refractivity contribution in [3.63, 3.8) is 0 Å². The summed E-state index contributed by atoms with van der Waals surface area (Å²) in [6.07, 6.45) is 1.60. The molecule has 0 amide bonds. The van der Waals surface area contributed by atoms with Gasteiger partial charge in [0.2, 0.25) is 5.88 Å². The van der Waals surface area contributed by atoms with Crippen molar-refractivity contribution < 1.29 is 14.7 Å². The average Bonchev–Trinajstić information content (AvgIpc) is 2.47. The molecule has 0 saturated carbocycles. The van der Waals surface area contributed by atoms with Gasteiger partial charge in [-0.15, -0.1) is 0 Å². The zero-order valence-corrected chi connectivity index (χ0v) is 11.9. The van der Waals surface area contributed by atoms with Crippen LogP contribution in [0.5, 0.6) is 17.4 Å². The Labute approximate surface area is 122 Å². The van der Waals surface area contributed by atoms with Gasteiger partial charge in [0.05, 0.1) is 12.2 Å². The molecule has 0 unspecified atom stereocenters. The summed E-state index contributed by atoms with van der Waals surface area (Å²) in [6.45, 7) is 4.31. The lowest BCUT2D eigenvalue weighted by molar-refractivity contribution is 0.318. The largest absolute Gasteiger partial charge is 0.494 e. The summed E-state index contributed by atoms with van der Waals surface area (Å²) in [5, 5.41) is 11.9. The molecular weight excluding hydrogens is 270 g/mol. The van der Waals surface area contributed by atoms with E-state index in [1.54, 1.807) is 24.4 Å². The van der Waals surface area contributed by atoms with Crippen LogP contribution in [0.4, 0.5) is 0 Å². The summed E-state index contributed by atoms with van der Waals surface area (Å²) >= 11 is 0. The number of pyridine rings is 1. The molecular formula is C15H17N3O3. The number of rotatable bonds is 5. The van der Waals surface area contributed by atoms with Crippen LogP contribution in [0.15, 0.2) is 41.7 Å². The Kier molecular flexibility index (Phi) is 4.61. The fourth-order valence-corrected chi connectivity index (χ4v) is 1.88. The number of nitrogens with zero attached hydrogens (tertiary/aromatic N) is 2. The number of aryl methyl sites for hydroxylation is 1. The van der Waals surface area contributed by atoms with E-state index in [1.807, 2.05) is 26.0 Å². The molecule has 1 aromatic heterocycles. The fourth-order valence-electron chi connectivity index (χ4n) is 1.88. The molecule has 0 spiro atoms. The second-order valence-electron chi connectivity index (χ2n) is 4.30. The van der Waals surface area contributed by atoms with Crippen LogP contribution in [0.25, 0.3) is 0 Å². The van der Waals surface area contributed by atoms with Crippen molar-refractivity contribution in [2.24, 2.45) is 10.9 Å². The van der Waals surface area contributed by atoms with Gasteiger partial charge in [0.25, 0.3) is 0 Å². The van der Waals surface area contributed by atoms with Crippen LogP contribution >= 0.6 is 0 Å². The van der Waals surface area contributed by atoms with Crippen LogP contribution in [-0.2, 0) is 0 Å². The van der Waals surface area contributed by atoms with Crippen molar-refractivity contribution in [1.29, 1.82) is 0 Å². The predicted molar refractivity (Wildman–Crippen MR) is 79.2 cm³/mol. The van der Waals surface area contributed by atoms with Crippen molar-refractivity contribution in [2.75, 3.05) is 6.61 Å². The number of nitrogens with two attached hydrogens (primary N) is 1. The van der Waals surface area contributed by atoms with Crippen molar-refractivity contribution >= 4 is 5.84 Å². The number of hydrogen-bond acceptors (Lipinski definition) is 5. The summed E-state index contributed by atoms with van der Waals surface area (Å²) in [4.78, 5) is 4.14. The van der Waals surface area contributed by atoms with E-state index in [4.69, 9.17) is 20.4 Å². The Bertz CT molecular complexity index is 656. The molecule has 0 bridgehead atoms. The standard InChI is InChI=1S/C15H17N3O3/c1-3-20-11-5-4-6-12(9-11)21-15-13(14(16)18-19)10(2)7-8-17-15/h4-9,19H,3H2,1-2H3,(H2,16,18). The average molecular weight is 287 g/mol. The molecule has 0 aliphatic carbocycles. The number of ether oxygens (including phenoxy) is 2. The summed E-state index contributed by atoms with van der Waals surface area (Å²) in [5.41, 5.74) is 6.94. The highest BCUT2D eigenvalue weighted by Gasteiger charge is 2.14. The molecule has 0 fully saturated rings. The maximum absolute atomic E-state index is 8.88. The Morgan fingerprint density at radius 2 is 2.10 bits per heavy atom. The minimum Gasteiger partial charge on any atom is -0.494 e. The SMILES string of the molecule is CCOc1cccc(Oc2nccc(C)c2/C(N)=N/O)c1. The molecule has 2 aromatic rings. The van der Waals surface area contributed by atoms with Crippen molar-refractivity contribution in [1.82, 2.24) is 4.98 Å². The quantitative estimate of drug-likeness (QED) is 0.382. The molecule has 0 aliphatic heterocycles. The van der Waals surface area contributed by atoms with Crippen molar-refractivity contribution in [3.05, 3.63) is 47.7 Å². The highest BCUT2D eigenvalue weighted by atomic mass is 16.5. The first-order chi connectivity index (χ1) is 10.2. The van der Waals surface area contributed by atoms with E-state index in [9.17, 15) is 0 Å². The zero-order chi connectivity index (χ0) is 15.2. The summed E-state index contributed by atoms with van der Waals surface area (Å²) in [6, 6.07) is 8.95. The van der Waals surface area contributed by atoms with E-state index < -0.39 is 0 Å². The van der Waals surface area contributed by atoms with Crippen LogP contribution in [0.2, 0.25) is 0 Å². The van der Waals surface area contributed by atoms with Gasteiger partial charge in [-0.05, 0) is 37.6 Å². The monoisotopic (exact) mass is 287 g/mol. The number of benzene rings is 1. The molecule has 6 heteroatoms. The van der Waals surface area contributed by atoms with Gasteiger partial charge in [-0.1, -0.05) is 11.2 Å². The minimum absolute atomic E-state index is 0.0448. The number of hydrogen-bond donors (Lipinski definition) is 2. The maximum atomic E-state index is 8.88. The van der Waals surface area contributed by atoms with Crippen LogP contribution in [0, 0.1) is 6.92 Å². The molecule has 3 N–H and O–H groups in total. The van der Waals surface area contributed by atoms with Gasteiger partial charge in [-0.25, -0.2) is 4.98 Å². The lowest BCUT2D eigenvalue weighted by Crippen LogP contribution is -2.16. The van der Waals surface area contributed by atoms with Crippen LogP contribution in [-0.4, -0.2) is 22.6 Å². The predicted octanol–water partition coefficient (Wildman–Crippen LogP) is 2.68. The second kappa shape index (κ2) is 6.60. The number of oxime groups is 1. The molecule has 0 radical (unpaired) electrons. The van der Waals surface area contributed by atoms with E-state index in [2.05, 4.69) is 10.1 Å². The Morgan fingerprint density at radius 3 is 2.81 bits per heavy atom. The van der Waals surface area contributed by atoms with E-state index in [1.165, 1.54) is 0 Å². The topological polar surface area (TPSA) is 90.0 Å². The lowest BCUT2D eigenvalue weighted by Gasteiger charge is -2.12. The molecule has 2 rings (SSSR count). The molecule has 21 heavy (non-hydrogen) atoms. The summed E-state index contributed by atoms with van der Waals surface area (Å²) in [7, 11) is 0. The van der Waals surface area contributed by atoms with E-state index in [0.29, 0.717) is 23.7 Å². The Balaban J connectivity index is 2.36. The van der Waals surface area contributed by atoms with Gasteiger partial charge in [-0.2, -0.15) is 0 Å². The van der Waals surface area contributed by atoms with Gasteiger partial charge in [0.1, 0.15) is 11.5 Å². The molecule has 6 nitrogen and oxygen atoms in total. The Hall–Kier alpha value is -2.76. The summed E-state index contributed by atoms with van der Waals surface area (Å²) in [5.74, 6) is 1.49. The minimum atomic E-state index is -0.0448. The Morgan fingerprint density at radius 1 is 1.33 bits per heavy atom. The number of aromatic nitrogens is 1. The van der Waals surface area contributed by atoms with E-state index in [-0.39, 0.29) is 11.7 Å². The third-order valence-corrected chi connectivity index (χ3v) is 2.82. The molecule has 0 atom stereocenters. The van der Waals surface area contributed by atoms with Crippen molar-refractivity contribution in [3.8, 4) is 17.4 Å². The third-order valence-electron chi connectivity index (χ3n) is 2.82. The van der Waals surface area contributed by atoms with Gasteiger partial charge in [0.15, 0.2) is 5.84 Å². The van der Waals surface area contributed by atoms with Crippen LogP contribution in [0.3, 0.4) is 0 Å². The van der Waals surface area contributed by atoms with Crippen LogP contribution in [0.1, 0.15) is 18.1 Å². The molecule has 1 aromatic carbocycles. The first-order valence-corrected chi connectivity index (χ1v) is 6.50. The van der Waals surface area contributed by atoms with Crippen LogP contribution < -0.4 is 15.2 Å². The van der Waals surface area contributed by atoms with E-state index >= 15 is 0 Å². The lowest BCUT2D eigenvalue weighted by atomic mass is 10.1. The first-order valence-electron chi connectivity index (χ1n) is 6.50. The highest BCUT2D eigenvalue weighted by Crippen LogP contribution is 2.27. The number of amidine groups is 1. The van der Waals surface area contributed by atoms with Gasteiger partial charge >= 0.3 is 0 Å². The second-order valence-corrected chi connectivity index (χ2v) is 4.30. The maximum Gasteiger partial charge on any atom is 0.230 e. The molecule has 0 saturated heterocycles. The van der Waals surface area contributed by atoms with Crippen molar-refractivity contribution in [2.45, 2.75) is 13.8 Å². The molecule has 0 aliphatic rings. The van der Waals surface area contributed by atoms with Gasteiger partial charge < -0.3 is 20.4 Å². The highest BCUT2D eigenvalue weighted by molar-refractivity contribution is 6.00. The fraction of sp³-hybridized carbons (Fsp3) is 0.200.